The highest BCUT2D eigenvalue weighted by atomic mass is 16.2. The highest BCUT2D eigenvalue weighted by Crippen LogP contribution is 2.30. The van der Waals surface area contributed by atoms with Gasteiger partial charge in [-0.3, -0.25) is 14.6 Å². The number of pyridine rings is 1. The van der Waals surface area contributed by atoms with Crippen LogP contribution in [0.4, 0.5) is 5.82 Å². The Labute approximate surface area is 226 Å². The van der Waals surface area contributed by atoms with Crippen LogP contribution in [0.5, 0.6) is 0 Å². The Hall–Kier alpha value is -4.98. The van der Waals surface area contributed by atoms with Gasteiger partial charge in [0.15, 0.2) is 0 Å². The Morgan fingerprint density at radius 1 is 1.00 bits per heavy atom. The number of benzene rings is 1. The van der Waals surface area contributed by atoms with E-state index in [0.29, 0.717) is 23.8 Å². The van der Waals surface area contributed by atoms with Crippen molar-refractivity contribution in [2.45, 2.75) is 26.2 Å². The molecule has 1 unspecified atom stereocenters. The standard InChI is InChI=1S/C28H29N9O2/c1-17(18(2)20-6-4-7-21-25(20)36-16-37-26(21)28(39)30-3)13-33-24-12-23(34-15-35-24)19-8-9-22(32-14-19)27(38)31-11-5-10-29/h4,6-9,12,14-18H,5,11,13H2,1-3H3,(H,30,39)(H,31,38)(H,33,34,35)/t17-,18?/m1/s1. The molecule has 39 heavy (non-hydrogen) atoms. The first-order valence-corrected chi connectivity index (χ1v) is 12.6. The molecule has 1 aromatic carbocycles. The maximum Gasteiger partial charge on any atom is 0.270 e. The predicted molar refractivity (Wildman–Crippen MR) is 147 cm³/mol. The quantitative estimate of drug-likeness (QED) is 0.265. The van der Waals surface area contributed by atoms with Crippen LogP contribution in [0.25, 0.3) is 22.2 Å². The minimum absolute atomic E-state index is 0.131. The van der Waals surface area contributed by atoms with Crippen molar-refractivity contribution in [2.24, 2.45) is 5.92 Å². The van der Waals surface area contributed by atoms with Crippen LogP contribution in [0.2, 0.25) is 0 Å². The van der Waals surface area contributed by atoms with Gasteiger partial charge in [0.2, 0.25) is 0 Å². The molecule has 0 aliphatic rings. The van der Waals surface area contributed by atoms with Gasteiger partial charge in [0, 0.05) is 43.4 Å². The Bertz CT molecular complexity index is 1520. The largest absolute Gasteiger partial charge is 0.370 e. The molecule has 0 aliphatic heterocycles. The van der Waals surface area contributed by atoms with Crippen molar-refractivity contribution in [3.05, 3.63) is 72.2 Å². The second kappa shape index (κ2) is 12.5. The number of para-hydroxylation sites is 1. The zero-order chi connectivity index (χ0) is 27.8. The molecule has 3 N–H and O–H groups in total. The number of aromatic nitrogens is 5. The molecule has 11 nitrogen and oxygen atoms in total. The van der Waals surface area contributed by atoms with Gasteiger partial charge in [-0.15, -0.1) is 0 Å². The average molecular weight is 524 g/mol. The molecular weight excluding hydrogens is 494 g/mol. The number of rotatable bonds is 10. The van der Waals surface area contributed by atoms with E-state index >= 15 is 0 Å². The van der Waals surface area contributed by atoms with Gasteiger partial charge in [0.1, 0.15) is 29.9 Å². The lowest BCUT2D eigenvalue weighted by Crippen LogP contribution is -2.25. The minimum atomic E-state index is -0.326. The van der Waals surface area contributed by atoms with E-state index < -0.39 is 0 Å². The lowest BCUT2D eigenvalue weighted by molar-refractivity contribution is 0.0945. The number of nitrogens with one attached hydrogen (secondary N) is 3. The first-order chi connectivity index (χ1) is 18.9. The van der Waals surface area contributed by atoms with Crippen molar-refractivity contribution in [1.82, 2.24) is 35.6 Å². The fourth-order valence-corrected chi connectivity index (χ4v) is 4.14. The Kier molecular flexibility index (Phi) is 8.68. The predicted octanol–water partition coefficient (Wildman–Crippen LogP) is 3.34. The molecule has 0 bridgehead atoms. The summed E-state index contributed by atoms with van der Waals surface area (Å²) in [5.74, 6) is 0.427. The fraction of sp³-hybridized carbons (Fsp3) is 0.286. The number of amides is 2. The molecule has 2 atom stereocenters. The first-order valence-electron chi connectivity index (χ1n) is 12.6. The summed E-state index contributed by atoms with van der Waals surface area (Å²) in [5, 5.41) is 18.0. The van der Waals surface area contributed by atoms with E-state index in [0.717, 1.165) is 22.0 Å². The van der Waals surface area contributed by atoms with Gasteiger partial charge in [-0.1, -0.05) is 32.0 Å². The van der Waals surface area contributed by atoms with E-state index in [4.69, 9.17) is 5.26 Å². The number of fused-ring (bicyclic) bond motifs is 1. The summed E-state index contributed by atoms with van der Waals surface area (Å²) in [5.41, 5.74) is 3.86. The normalized spacial score (nSPS) is 12.3. The van der Waals surface area contributed by atoms with Crippen LogP contribution in [0, 0.1) is 17.2 Å². The van der Waals surface area contributed by atoms with Crippen molar-refractivity contribution in [3.63, 3.8) is 0 Å². The molecule has 3 aromatic heterocycles. The van der Waals surface area contributed by atoms with Gasteiger partial charge in [-0.2, -0.15) is 5.26 Å². The van der Waals surface area contributed by atoms with Crippen molar-refractivity contribution in [2.75, 3.05) is 25.5 Å². The second-order valence-corrected chi connectivity index (χ2v) is 9.08. The van der Waals surface area contributed by atoms with Crippen LogP contribution >= 0.6 is 0 Å². The molecule has 0 spiro atoms. The lowest BCUT2D eigenvalue weighted by atomic mass is 9.87. The van der Waals surface area contributed by atoms with Crippen LogP contribution in [0.1, 0.15) is 52.7 Å². The number of hydrogen-bond donors (Lipinski definition) is 3. The van der Waals surface area contributed by atoms with Crippen molar-refractivity contribution in [3.8, 4) is 17.3 Å². The summed E-state index contributed by atoms with van der Waals surface area (Å²) >= 11 is 0. The lowest BCUT2D eigenvalue weighted by Gasteiger charge is -2.22. The van der Waals surface area contributed by atoms with Gasteiger partial charge in [0.05, 0.1) is 23.7 Å². The zero-order valence-electron chi connectivity index (χ0n) is 22.0. The maximum atomic E-state index is 12.3. The monoisotopic (exact) mass is 523 g/mol. The first kappa shape index (κ1) is 27.1. The number of carbonyl (C=O) groups excluding carboxylic acids is 2. The molecule has 0 aliphatic carbocycles. The molecule has 0 fully saturated rings. The third-order valence-corrected chi connectivity index (χ3v) is 6.57. The number of hydrogen-bond acceptors (Lipinski definition) is 9. The third-order valence-electron chi connectivity index (χ3n) is 6.57. The maximum absolute atomic E-state index is 12.3. The molecule has 0 saturated carbocycles. The molecule has 3 heterocycles. The highest BCUT2D eigenvalue weighted by Gasteiger charge is 2.20. The molecular formula is C28H29N9O2. The molecule has 4 rings (SSSR count). The second-order valence-electron chi connectivity index (χ2n) is 9.08. The van der Waals surface area contributed by atoms with E-state index in [2.05, 4.69) is 54.7 Å². The van der Waals surface area contributed by atoms with Crippen LogP contribution in [-0.4, -0.2) is 56.9 Å². The molecule has 4 aromatic rings. The average Bonchev–Trinajstić information content (AvgIpc) is 2.98. The van der Waals surface area contributed by atoms with Crippen molar-refractivity contribution >= 4 is 28.5 Å². The zero-order valence-corrected chi connectivity index (χ0v) is 22.0. The SMILES string of the molecule is CNC(=O)c1ncnc2c(C(C)[C@H](C)CNc3cc(-c4ccc(C(=O)NCCC#N)nc4)ncn3)cccc12. The summed E-state index contributed by atoms with van der Waals surface area (Å²) in [6.45, 7) is 5.20. The summed E-state index contributed by atoms with van der Waals surface area (Å²) in [4.78, 5) is 46.0. The molecule has 0 radical (unpaired) electrons. The number of carbonyl (C=O) groups is 2. The van der Waals surface area contributed by atoms with Crippen LogP contribution in [0.3, 0.4) is 0 Å². The highest BCUT2D eigenvalue weighted by molar-refractivity contribution is 6.04. The summed E-state index contributed by atoms with van der Waals surface area (Å²) in [6, 6.07) is 13.0. The van der Waals surface area contributed by atoms with Crippen LogP contribution < -0.4 is 16.0 Å². The van der Waals surface area contributed by atoms with E-state index in [9.17, 15) is 9.59 Å². The third kappa shape index (κ3) is 6.30. The van der Waals surface area contributed by atoms with Crippen LogP contribution in [-0.2, 0) is 0 Å². The molecule has 198 valence electrons. The number of nitrogens with zero attached hydrogens (tertiary/aromatic N) is 6. The summed E-state index contributed by atoms with van der Waals surface area (Å²) in [7, 11) is 1.58. The Morgan fingerprint density at radius 3 is 2.56 bits per heavy atom. The van der Waals surface area contributed by atoms with Gasteiger partial charge in [0.25, 0.3) is 11.8 Å². The van der Waals surface area contributed by atoms with Crippen LogP contribution in [0.15, 0.2) is 55.2 Å². The summed E-state index contributed by atoms with van der Waals surface area (Å²) in [6.07, 6.45) is 4.74. The van der Waals surface area contributed by atoms with Crippen molar-refractivity contribution in [1.29, 1.82) is 5.26 Å². The minimum Gasteiger partial charge on any atom is -0.370 e. The van der Waals surface area contributed by atoms with Gasteiger partial charge < -0.3 is 16.0 Å². The van der Waals surface area contributed by atoms with E-state index in [1.807, 2.05) is 30.3 Å². The van der Waals surface area contributed by atoms with Crippen molar-refractivity contribution < 1.29 is 9.59 Å². The fourth-order valence-electron chi connectivity index (χ4n) is 4.14. The Balaban J connectivity index is 1.44. The number of nitriles is 1. The van der Waals surface area contributed by atoms with Gasteiger partial charge in [-0.25, -0.2) is 19.9 Å². The topological polar surface area (TPSA) is 158 Å². The van der Waals surface area contributed by atoms with E-state index in [1.54, 1.807) is 25.4 Å². The number of anilines is 1. The van der Waals surface area contributed by atoms with E-state index in [-0.39, 0.29) is 42.3 Å². The smallest absolute Gasteiger partial charge is 0.270 e. The van der Waals surface area contributed by atoms with E-state index in [1.165, 1.54) is 12.7 Å². The Morgan fingerprint density at radius 2 is 1.82 bits per heavy atom. The molecule has 0 saturated heterocycles. The molecule has 11 heteroatoms. The van der Waals surface area contributed by atoms with Gasteiger partial charge in [-0.05, 0) is 29.5 Å². The summed E-state index contributed by atoms with van der Waals surface area (Å²) < 4.78 is 0. The van der Waals surface area contributed by atoms with Gasteiger partial charge >= 0.3 is 0 Å². The molecule has 2 amide bonds.